The second-order valence-electron chi connectivity index (χ2n) is 8.85. The average Bonchev–Trinajstić information content (AvgIpc) is 3.15. The number of aromatic hydroxyl groups is 4. The van der Waals surface area contributed by atoms with Crippen LogP contribution >= 0.6 is 0 Å². The second kappa shape index (κ2) is 7.43. The van der Waals surface area contributed by atoms with E-state index < -0.39 is 24.0 Å². The van der Waals surface area contributed by atoms with E-state index in [-0.39, 0.29) is 23.0 Å². The number of benzene rings is 4. The van der Waals surface area contributed by atoms with Crippen LogP contribution in [0.15, 0.2) is 78.9 Å². The molecule has 4 aromatic carbocycles. The first-order valence-corrected chi connectivity index (χ1v) is 11.0. The number of phenolic OH excluding ortho intramolecular Hbond substituents is 4. The van der Waals surface area contributed by atoms with Crippen molar-refractivity contribution in [2.45, 2.75) is 24.0 Å². The van der Waals surface area contributed by atoms with E-state index in [4.69, 9.17) is 4.74 Å². The number of aliphatic hydroxyl groups is 1. The summed E-state index contributed by atoms with van der Waals surface area (Å²) in [6.07, 6.45) is -1.51. The number of aliphatic hydroxyl groups excluding tert-OH is 1. The molecule has 0 aromatic heterocycles. The Morgan fingerprint density at radius 1 is 0.588 bits per heavy atom. The summed E-state index contributed by atoms with van der Waals surface area (Å²) in [5.74, 6) is -0.407. The van der Waals surface area contributed by atoms with Crippen molar-refractivity contribution in [3.63, 3.8) is 0 Å². The molecule has 34 heavy (non-hydrogen) atoms. The van der Waals surface area contributed by atoms with E-state index in [0.29, 0.717) is 22.4 Å². The van der Waals surface area contributed by atoms with Crippen LogP contribution < -0.4 is 4.74 Å². The fourth-order valence-electron chi connectivity index (χ4n) is 5.46. The van der Waals surface area contributed by atoms with Gasteiger partial charge in [0.15, 0.2) is 0 Å². The average molecular weight is 454 g/mol. The van der Waals surface area contributed by atoms with Gasteiger partial charge in [-0.3, -0.25) is 0 Å². The number of hydrogen-bond acceptors (Lipinski definition) is 6. The molecule has 6 heteroatoms. The van der Waals surface area contributed by atoms with Gasteiger partial charge in [0.2, 0.25) is 0 Å². The second-order valence-corrected chi connectivity index (χ2v) is 8.85. The molecule has 0 radical (unpaired) electrons. The molecule has 6 nitrogen and oxygen atoms in total. The highest BCUT2D eigenvalue weighted by molar-refractivity contribution is 5.64. The van der Waals surface area contributed by atoms with Crippen LogP contribution in [0.25, 0.3) is 0 Å². The first kappa shape index (κ1) is 20.4. The number of rotatable bonds is 2. The van der Waals surface area contributed by atoms with Crippen molar-refractivity contribution in [2.75, 3.05) is 0 Å². The van der Waals surface area contributed by atoms with Crippen LogP contribution in [0.5, 0.6) is 28.7 Å². The van der Waals surface area contributed by atoms with Crippen molar-refractivity contribution in [1.29, 1.82) is 0 Å². The minimum Gasteiger partial charge on any atom is -0.508 e. The fourth-order valence-corrected chi connectivity index (χ4v) is 5.46. The summed E-state index contributed by atoms with van der Waals surface area (Å²) in [5.41, 5.74) is 4.15. The van der Waals surface area contributed by atoms with E-state index in [1.54, 1.807) is 54.6 Å². The molecule has 1 aliphatic carbocycles. The quantitative estimate of drug-likeness (QED) is 0.293. The Hall–Kier alpha value is -4.16. The van der Waals surface area contributed by atoms with Crippen LogP contribution in [0.2, 0.25) is 0 Å². The third-order valence-corrected chi connectivity index (χ3v) is 6.90. The summed E-state index contributed by atoms with van der Waals surface area (Å²) >= 11 is 0. The van der Waals surface area contributed by atoms with E-state index in [2.05, 4.69) is 0 Å². The number of phenols is 4. The first-order chi connectivity index (χ1) is 16.4. The van der Waals surface area contributed by atoms with Gasteiger partial charge in [-0.2, -0.15) is 0 Å². The van der Waals surface area contributed by atoms with Crippen LogP contribution in [0.4, 0.5) is 0 Å². The molecular weight excluding hydrogens is 432 g/mol. The van der Waals surface area contributed by atoms with Crippen LogP contribution in [-0.2, 0) is 0 Å². The minimum absolute atomic E-state index is 0.0899. The summed E-state index contributed by atoms with van der Waals surface area (Å²) in [7, 11) is 0. The molecule has 0 amide bonds. The van der Waals surface area contributed by atoms with Gasteiger partial charge < -0.3 is 30.3 Å². The number of hydrogen-bond donors (Lipinski definition) is 5. The lowest BCUT2D eigenvalue weighted by Gasteiger charge is -2.27. The Kier molecular flexibility index (Phi) is 4.47. The van der Waals surface area contributed by atoms with Crippen LogP contribution in [0, 0.1) is 0 Å². The molecule has 170 valence electrons. The van der Waals surface area contributed by atoms with E-state index in [1.165, 1.54) is 6.07 Å². The molecule has 5 N–H and O–H groups in total. The maximum atomic E-state index is 11.7. The largest absolute Gasteiger partial charge is 0.508 e. The van der Waals surface area contributed by atoms with Gasteiger partial charge in [-0.05, 0) is 58.7 Å². The van der Waals surface area contributed by atoms with Crippen molar-refractivity contribution in [3.8, 4) is 28.7 Å². The molecule has 0 spiro atoms. The normalized spacial score (nSPS) is 22.4. The van der Waals surface area contributed by atoms with Gasteiger partial charge in [-0.15, -0.1) is 0 Å². The SMILES string of the molecule is Oc1ccc([C@H]2c3cc(O)cc(O)c3[C@H]3c4c(cccc4[C@@H]2O)O[C@@H]3c2ccc(O)cc2)cc1. The summed E-state index contributed by atoms with van der Waals surface area (Å²) in [5, 5.41) is 52.9. The molecular formula is C28H22O6. The zero-order chi connectivity index (χ0) is 23.6. The molecule has 4 aromatic rings. The van der Waals surface area contributed by atoms with E-state index >= 15 is 0 Å². The highest BCUT2D eigenvalue weighted by atomic mass is 16.5. The molecule has 2 aliphatic rings. The highest BCUT2D eigenvalue weighted by Crippen LogP contribution is 2.59. The van der Waals surface area contributed by atoms with Crippen molar-refractivity contribution in [2.24, 2.45) is 0 Å². The van der Waals surface area contributed by atoms with Crippen molar-refractivity contribution >= 4 is 0 Å². The summed E-state index contributed by atoms with van der Waals surface area (Å²) in [6.45, 7) is 0. The van der Waals surface area contributed by atoms with Crippen molar-refractivity contribution in [3.05, 3.63) is 112 Å². The third kappa shape index (κ3) is 2.99. The molecule has 4 atom stereocenters. The molecule has 6 rings (SSSR count). The van der Waals surface area contributed by atoms with Gasteiger partial charge >= 0.3 is 0 Å². The lowest BCUT2D eigenvalue weighted by atomic mass is 9.80. The Bertz CT molecular complexity index is 1390. The van der Waals surface area contributed by atoms with Gasteiger partial charge in [0, 0.05) is 23.1 Å². The van der Waals surface area contributed by atoms with Crippen LogP contribution in [0.1, 0.15) is 57.4 Å². The molecule has 0 saturated heterocycles. The Morgan fingerprint density at radius 2 is 1.24 bits per heavy atom. The predicted octanol–water partition coefficient (Wildman–Crippen LogP) is 4.95. The monoisotopic (exact) mass is 454 g/mol. The molecule has 1 heterocycles. The fraction of sp³-hybridized carbons (Fsp3) is 0.143. The molecule has 0 saturated carbocycles. The summed E-state index contributed by atoms with van der Waals surface area (Å²) in [6, 6.07) is 21.7. The molecule has 1 aliphatic heterocycles. The smallest absolute Gasteiger partial charge is 0.135 e. The topological polar surface area (TPSA) is 110 Å². The summed E-state index contributed by atoms with van der Waals surface area (Å²) in [4.78, 5) is 0. The Balaban J connectivity index is 1.65. The predicted molar refractivity (Wildman–Crippen MR) is 124 cm³/mol. The van der Waals surface area contributed by atoms with Crippen molar-refractivity contribution in [1.82, 2.24) is 0 Å². The summed E-state index contributed by atoms with van der Waals surface area (Å²) < 4.78 is 6.36. The zero-order valence-corrected chi connectivity index (χ0v) is 18.0. The third-order valence-electron chi connectivity index (χ3n) is 6.90. The van der Waals surface area contributed by atoms with Crippen molar-refractivity contribution < 1.29 is 30.3 Å². The number of ether oxygens (including phenoxy) is 1. The van der Waals surface area contributed by atoms with Gasteiger partial charge in [0.05, 0.1) is 12.0 Å². The van der Waals surface area contributed by atoms with E-state index in [1.807, 2.05) is 18.2 Å². The maximum absolute atomic E-state index is 11.7. The lowest BCUT2D eigenvalue weighted by molar-refractivity contribution is 0.159. The molecule has 0 bridgehead atoms. The van der Waals surface area contributed by atoms with Gasteiger partial charge in [-0.1, -0.05) is 36.4 Å². The lowest BCUT2D eigenvalue weighted by Crippen LogP contribution is -2.15. The zero-order valence-electron chi connectivity index (χ0n) is 18.0. The van der Waals surface area contributed by atoms with E-state index in [9.17, 15) is 25.5 Å². The van der Waals surface area contributed by atoms with Gasteiger partial charge in [0.1, 0.15) is 34.9 Å². The first-order valence-electron chi connectivity index (χ1n) is 11.0. The molecule has 0 fully saturated rings. The Labute approximate surface area is 195 Å². The van der Waals surface area contributed by atoms with Gasteiger partial charge in [-0.25, -0.2) is 0 Å². The maximum Gasteiger partial charge on any atom is 0.135 e. The van der Waals surface area contributed by atoms with Gasteiger partial charge in [0.25, 0.3) is 0 Å². The minimum atomic E-state index is -0.994. The Morgan fingerprint density at radius 3 is 1.91 bits per heavy atom. The van der Waals surface area contributed by atoms with E-state index in [0.717, 1.165) is 16.7 Å². The molecule has 0 unspecified atom stereocenters. The van der Waals surface area contributed by atoms with Crippen LogP contribution in [-0.4, -0.2) is 25.5 Å². The standard InChI is InChI=1S/C28H22O6/c29-16-8-4-14(5-9-16)23-20-12-18(31)13-21(32)24(20)26-25-19(27(23)33)2-1-3-22(25)34-28(26)15-6-10-17(30)11-7-15/h1-13,23,26-33H/t23-,26-,27-,28+/m0/s1. The number of fused-ring (bicyclic) bond motifs is 2. The highest BCUT2D eigenvalue weighted by Gasteiger charge is 2.46. The van der Waals surface area contributed by atoms with Crippen LogP contribution in [0.3, 0.4) is 0 Å².